The Morgan fingerprint density at radius 3 is 2.42 bits per heavy atom. The molecule has 1 spiro atoms. The zero-order valence-corrected chi connectivity index (χ0v) is 32.8. The van der Waals surface area contributed by atoms with Gasteiger partial charge in [0, 0.05) is 61.8 Å². The Bertz CT molecular complexity index is 2250. The van der Waals surface area contributed by atoms with Crippen LogP contribution in [0.15, 0.2) is 91.0 Å². The number of hydrogen-bond acceptors (Lipinski definition) is 8. The predicted octanol–water partition coefficient (Wildman–Crippen LogP) is 7.34. The lowest BCUT2D eigenvalue weighted by Crippen LogP contribution is -2.47. The van der Waals surface area contributed by atoms with E-state index in [4.69, 9.17) is 9.47 Å². The van der Waals surface area contributed by atoms with Crippen LogP contribution >= 0.6 is 0 Å². The number of rotatable bonds is 8. The van der Waals surface area contributed by atoms with Gasteiger partial charge in [-0.2, -0.15) is 0 Å². The number of halogens is 3. The summed E-state index contributed by atoms with van der Waals surface area (Å²) in [6.45, 7) is 3.98. The molecule has 1 saturated carbocycles. The second-order valence-corrected chi connectivity index (χ2v) is 17.7. The zero-order valence-electron chi connectivity index (χ0n) is 32.8. The maximum Gasteiger partial charge on any atom is 0.263 e. The number of alkyl halides is 2. The van der Waals surface area contributed by atoms with Crippen LogP contribution in [-0.4, -0.2) is 85.3 Å². The molecule has 5 fully saturated rings. The van der Waals surface area contributed by atoms with E-state index in [1.165, 1.54) is 0 Å². The van der Waals surface area contributed by atoms with Gasteiger partial charge >= 0.3 is 0 Å². The number of hydrogen-bond donors (Lipinski definition) is 3. The molecule has 9 nitrogen and oxygen atoms in total. The Morgan fingerprint density at radius 1 is 0.881 bits per heavy atom. The van der Waals surface area contributed by atoms with Crippen molar-refractivity contribution in [3.05, 3.63) is 119 Å². The number of nitrogens with one attached hydrogen (secondary N) is 2. The van der Waals surface area contributed by atoms with Crippen molar-refractivity contribution in [1.82, 2.24) is 10.2 Å². The number of nitrogens with zero attached hydrogens (tertiary/aromatic N) is 2. The second-order valence-electron chi connectivity index (χ2n) is 17.7. The van der Waals surface area contributed by atoms with Gasteiger partial charge in [0.2, 0.25) is 11.8 Å². The largest absolute Gasteiger partial charge is 0.508 e. The number of benzene rings is 4. The molecule has 0 aromatic heterocycles. The minimum Gasteiger partial charge on any atom is -0.508 e. The summed E-state index contributed by atoms with van der Waals surface area (Å²) in [4.78, 5) is 28.0. The van der Waals surface area contributed by atoms with Crippen LogP contribution in [0.2, 0.25) is 0 Å². The molecule has 1 aliphatic carbocycles. The standard InChI is InChI=1S/C47H49F3N4O5/c48-37-22-31(43-35-12-11-34(55)23-40(35)58-28-36(43)30-4-2-1-3-5-30)6-14-39(37)54-20-16-45(17-21-54)24-29(27-59-45)25-53-19-18-46(41(26-53)47(46,49)50)32-7-9-33(10-8-32)51-38-13-15-42(56)52-44(38)57/h1-12,14,22-23,29,36,38,41,43,51,55H,13,15-21,24-28H2,(H,52,56,57). The summed E-state index contributed by atoms with van der Waals surface area (Å²) in [6.07, 6.45) is 3.45. The number of fused-ring (bicyclic) bond motifs is 2. The number of anilines is 2. The third-order valence-corrected chi connectivity index (χ3v) is 14.3. The Labute approximate surface area is 341 Å². The van der Waals surface area contributed by atoms with E-state index < -0.39 is 23.3 Å². The van der Waals surface area contributed by atoms with Crippen molar-refractivity contribution in [2.45, 2.75) is 73.3 Å². The molecule has 12 heteroatoms. The van der Waals surface area contributed by atoms with Gasteiger partial charge < -0.3 is 29.7 Å². The summed E-state index contributed by atoms with van der Waals surface area (Å²) >= 11 is 0. The lowest BCUT2D eigenvalue weighted by Gasteiger charge is -2.40. The molecule has 6 unspecified atom stereocenters. The molecule has 6 aliphatic rings. The van der Waals surface area contributed by atoms with E-state index in [1.54, 1.807) is 42.5 Å². The highest BCUT2D eigenvalue weighted by Crippen LogP contribution is 2.70. The zero-order chi connectivity index (χ0) is 40.5. The smallest absolute Gasteiger partial charge is 0.263 e. The fraction of sp³-hybridized carbons (Fsp3) is 0.447. The van der Waals surface area contributed by atoms with Crippen LogP contribution in [0.5, 0.6) is 11.5 Å². The van der Waals surface area contributed by atoms with Crippen molar-refractivity contribution in [3.8, 4) is 11.5 Å². The molecule has 10 rings (SSSR count). The van der Waals surface area contributed by atoms with E-state index in [-0.39, 0.29) is 53.2 Å². The first kappa shape index (κ1) is 38.2. The highest BCUT2D eigenvalue weighted by molar-refractivity contribution is 6.01. The SMILES string of the molecule is O=C1CCC(Nc2ccc(C34CCN(CC5COC6(CCN(c7ccc(C8c9ccc(O)cc9OCC8c8ccccc8)cc7F)CC6)C5)CC3C4(F)F)cc2)C(=O)N1. The highest BCUT2D eigenvalue weighted by Gasteiger charge is 2.81. The molecule has 4 aromatic carbocycles. The Morgan fingerprint density at radius 2 is 1.68 bits per heavy atom. The molecule has 0 radical (unpaired) electrons. The van der Waals surface area contributed by atoms with Crippen molar-refractivity contribution >= 4 is 23.2 Å². The topological polar surface area (TPSA) is 103 Å². The molecular weight excluding hydrogens is 758 g/mol. The monoisotopic (exact) mass is 806 g/mol. The second kappa shape index (κ2) is 14.6. The third kappa shape index (κ3) is 6.72. The summed E-state index contributed by atoms with van der Waals surface area (Å²) in [6, 6.07) is 27.4. The van der Waals surface area contributed by atoms with Crippen molar-refractivity contribution < 1.29 is 37.3 Å². The number of imide groups is 1. The molecule has 3 N–H and O–H groups in total. The number of amides is 2. The molecule has 4 saturated heterocycles. The number of carbonyl (C=O) groups is 2. The number of likely N-dealkylation sites (tertiary alicyclic amines) is 1. The number of piperidine rings is 3. The van der Waals surface area contributed by atoms with Crippen LogP contribution in [0, 0.1) is 17.7 Å². The maximum absolute atomic E-state index is 16.2. The molecule has 4 aromatic rings. The van der Waals surface area contributed by atoms with Crippen LogP contribution in [0.3, 0.4) is 0 Å². The van der Waals surface area contributed by atoms with Crippen LogP contribution in [0.1, 0.15) is 72.6 Å². The first-order chi connectivity index (χ1) is 28.5. The summed E-state index contributed by atoms with van der Waals surface area (Å²) < 4.78 is 60.1. The van der Waals surface area contributed by atoms with Gasteiger partial charge in [0.05, 0.1) is 35.8 Å². The van der Waals surface area contributed by atoms with Gasteiger partial charge in [0.1, 0.15) is 23.4 Å². The molecule has 0 bridgehead atoms. The lowest BCUT2D eigenvalue weighted by molar-refractivity contribution is -0.133. The maximum atomic E-state index is 16.2. The van der Waals surface area contributed by atoms with E-state index in [0.717, 1.165) is 42.5 Å². The first-order valence-corrected chi connectivity index (χ1v) is 21.0. The van der Waals surface area contributed by atoms with E-state index in [1.807, 2.05) is 36.4 Å². The van der Waals surface area contributed by atoms with Crippen LogP contribution < -0.4 is 20.3 Å². The fourth-order valence-corrected chi connectivity index (χ4v) is 11.1. The molecule has 308 valence electrons. The molecule has 2 amide bonds. The number of carbonyl (C=O) groups excluding carboxylic acids is 2. The van der Waals surface area contributed by atoms with E-state index in [9.17, 15) is 14.7 Å². The summed E-state index contributed by atoms with van der Waals surface area (Å²) in [5.41, 5.74) is 3.31. The molecular formula is C47H49F3N4O5. The van der Waals surface area contributed by atoms with Crippen LogP contribution in [-0.2, 0) is 19.7 Å². The van der Waals surface area contributed by atoms with Gasteiger partial charge in [-0.1, -0.05) is 54.6 Å². The van der Waals surface area contributed by atoms with Gasteiger partial charge in [-0.15, -0.1) is 0 Å². The first-order valence-electron chi connectivity index (χ1n) is 21.0. The molecule has 6 atom stereocenters. The Hall–Kier alpha value is -5.07. The number of phenolic OH excluding ortho intramolecular Hbond substituents is 1. The van der Waals surface area contributed by atoms with Crippen LogP contribution in [0.25, 0.3) is 0 Å². The molecule has 5 aliphatic heterocycles. The average Bonchev–Trinajstić information content (AvgIpc) is 3.49. The van der Waals surface area contributed by atoms with Gasteiger partial charge in [-0.05, 0) is 91.6 Å². The van der Waals surface area contributed by atoms with Gasteiger partial charge in [-0.3, -0.25) is 14.9 Å². The molecule has 59 heavy (non-hydrogen) atoms. The van der Waals surface area contributed by atoms with Crippen molar-refractivity contribution in [1.29, 1.82) is 0 Å². The summed E-state index contributed by atoms with van der Waals surface area (Å²) in [7, 11) is 0. The fourth-order valence-electron chi connectivity index (χ4n) is 11.1. The Balaban J connectivity index is 0.752. The third-order valence-electron chi connectivity index (χ3n) is 14.3. The van der Waals surface area contributed by atoms with E-state index in [2.05, 4.69) is 32.6 Å². The number of aromatic hydroxyl groups is 1. The minimum atomic E-state index is -2.79. The Kier molecular flexibility index (Phi) is 9.43. The minimum absolute atomic E-state index is 0.0239. The molecule has 5 heterocycles. The average molecular weight is 807 g/mol. The van der Waals surface area contributed by atoms with Gasteiger partial charge in [-0.25, -0.2) is 13.2 Å². The predicted molar refractivity (Wildman–Crippen MR) is 217 cm³/mol. The van der Waals surface area contributed by atoms with Crippen LogP contribution in [0.4, 0.5) is 24.5 Å². The summed E-state index contributed by atoms with van der Waals surface area (Å²) in [5, 5.41) is 15.6. The summed E-state index contributed by atoms with van der Waals surface area (Å²) in [5.74, 6) is -3.64. The van der Waals surface area contributed by atoms with E-state index >= 15 is 13.2 Å². The van der Waals surface area contributed by atoms with E-state index in [0.29, 0.717) is 74.9 Å². The number of phenols is 1. The van der Waals surface area contributed by atoms with Crippen molar-refractivity contribution in [2.24, 2.45) is 11.8 Å². The van der Waals surface area contributed by atoms with Gasteiger partial charge in [0.25, 0.3) is 5.92 Å². The van der Waals surface area contributed by atoms with Crippen molar-refractivity contribution in [2.75, 3.05) is 56.2 Å². The van der Waals surface area contributed by atoms with Gasteiger partial charge in [0.15, 0.2) is 0 Å². The quantitative estimate of drug-likeness (QED) is 0.159. The number of ether oxygens (including phenoxy) is 2. The normalized spacial score (nSPS) is 29.6. The highest BCUT2D eigenvalue weighted by atomic mass is 19.3. The lowest BCUT2D eigenvalue weighted by atomic mass is 9.76. The van der Waals surface area contributed by atoms with Crippen molar-refractivity contribution in [3.63, 3.8) is 0 Å².